The molecular formula is C33H26N2O5. The number of fused-ring (bicyclic) bond motifs is 1. The number of carbonyl (C=O) groups excluding carboxylic acids is 4. The summed E-state index contributed by atoms with van der Waals surface area (Å²) in [5.41, 5.74) is 4.87. The summed E-state index contributed by atoms with van der Waals surface area (Å²) in [6.07, 6.45) is 0. The topological polar surface area (TPSA) is 92.8 Å². The van der Waals surface area contributed by atoms with E-state index in [1.54, 1.807) is 6.07 Å². The number of carbonyl (C=O) groups is 4. The van der Waals surface area contributed by atoms with Crippen molar-refractivity contribution in [2.45, 2.75) is 24.8 Å². The van der Waals surface area contributed by atoms with E-state index < -0.39 is 36.4 Å². The average Bonchev–Trinajstić information content (AvgIpc) is 3.25. The predicted octanol–water partition coefficient (Wildman–Crippen LogP) is 4.60. The third-order valence-corrected chi connectivity index (χ3v) is 8.62. The van der Waals surface area contributed by atoms with E-state index in [0.717, 1.165) is 37.9 Å². The number of hydrogen-bond acceptors (Lipinski definition) is 5. The van der Waals surface area contributed by atoms with Gasteiger partial charge in [0, 0.05) is 22.9 Å². The number of nitrogens with one attached hydrogen (secondary N) is 1. The van der Waals surface area contributed by atoms with Crippen LogP contribution in [0, 0.1) is 11.8 Å². The Morgan fingerprint density at radius 2 is 1.25 bits per heavy atom. The summed E-state index contributed by atoms with van der Waals surface area (Å²) < 4.78 is 5.31. The first-order valence-electron chi connectivity index (χ1n) is 13.4. The number of amides is 3. The Morgan fingerprint density at radius 3 is 1.82 bits per heavy atom. The van der Waals surface area contributed by atoms with Gasteiger partial charge in [-0.1, -0.05) is 84.9 Å². The van der Waals surface area contributed by atoms with Gasteiger partial charge in [0.25, 0.3) is 5.91 Å². The molecular weight excluding hydrogens is 504 g/mol. The molecule has 0 saturated carbocycles. The minimum Gasteiger partial charge on any atom is -0.454 e. The lowest BCUT2D eigenvalue weighted by Crippen LogP contribution is -2.45. The Bertz CT molecular complexity index is 1610. The highest BCUT2D eigenvalue weighted by molar-refractivity contribution is 6.10. The number of nitrogens with zero attached hydrogens (tertiary/aromatic N) is 1. The first kappa shape index (κ1) is 24.3. The van der Waals surface area contributed by atoms with E-state index in [0.29, 0.717) is 5.69 Å². The maximum atomic E-state index is 13.8. The van der Waals surface area contributed by atoms with Crippen molar-refractivity contribution >= 4 is 40.2 Å². The van der Waals surface area contributed by atoms with Crippen molar-refractivity contribution in [1.82, 2.24) is 4.90 Å². The van der Waals surface area contributed by atoms with E-state index in [2.05, 4.69) is 5.32 Å². The van der Waals surface area contributed by atoms with Gasteiger partial charge in [0.2, 0.25) is 11.8 Å². The van der Waals surface area contributed by atoms with Gasteiger partial charge < -0.3 is 10.1 Å². The van der Waals surface area contributed by atoms with Crippen LogP contribution < -0.4 is 5.32 Å². The summed E-state index contributed by atoms with van der Waals surface area (Å²) in [5, 5.41) is 4.62. The molecule has 7 nitrogen and oxygen atoms in total. The molecule has 0 aromatic heterocycles. The third kappa shape index (κ3) is 3.50. The van der Waals surface area contributed by atoms with Crippen LogP contribution in [-0.2, 0) is 23.9 Å². The lowest BCUT2D eigenvalue weighted by Gasteiger charge is -2.45. The Labute approximate surface area is 230 Å². The van der Waals surface area contributed by atoms with E-state index in [-0.39, 0.29) is 23.7 Å². The molecule has 1 heterocycles. The van der Waals surface area contributed by atoms with Gasteiger partial charge in [-0.25, -0.2) is 4.79 Å². The summed E-state index contributed by atoms with van der Waals surface area (Å²) in [6, 6.07) is 28.0. The van der Waals surface area contributed by atoms with Crippen LogP contribution in [0.15, 0.2) is 91.0 Å². The fraction of sp³-hybridized carbons (Fsp3) is 0.212. The van der Waals surface area contributed by atoms with Crippen molar-refractivity contribution in [2.75, 3.05) is 11.9 Å². The van der Waals surface area contributed by atoms with Crippen LogP contribution in [0.4, 0.5) is 5.69 Å². The Hall–Kier alpha value is -4.78. The molecule has 2 bridgehead atoms. The number of ether oxygens (including phenoxy) is 1. The minimum atomic E-state index is -1.15. The third-order valence-electron chi connectivity index (χ3n) is 8.62. The molecule has 4 aliphatic rings. The Morgan fingerprint density at radius 1 is 0.750 bits per heavy atom. The van der Waals surface area contributed by atoms with E-state index in [9.17, 15) is 19.2 Å². The number of anilines is 1. The highest BCUT2D eigenvalue weighted by Gasteiger charge is 2.62. The molecule has 0 radical (unpaired) electrons. The first-order valence-corrected chi connectivity index (χ1v) is 13.4. The summed E-state index contributed by atoms with van der Waals surface area (Å²) >= 11 is 0. The summed E-state index contributed by atoms with van der Waals surface area (Å²) in [5.74, 6) is -3.68. The molecule has 198 valence electrons. The molecule has 0 unspecified atom stereocenters. The maximum absolute atomic E-state index is 13.8. The monoisotopic (exact) mass is 530 g/mol. The second kappa shape index (κ2) is 9.16. The first-order chi connectivity index (χ1) is 19.5. The van der Waals surface area contributed by atoms with Gasteiger partial charge in [-0.2, -0.15) is 0 Å². The van der Waals surface area contributed by atoms with Gasteiger partial charge in [0.1, 0.15) is 6.04 Å². The van der Waals surface area contributed by atoms with Crippen molar-refractivity contribution in [3.8, 4) is 0 Å². The summed E-state index contributed by atoms with van der Waals surface area (Å²) in [7, 11) is 0. The van der Waals surface area contributed by atoms with Gasteiger partial charge in [-0.15, -0.1) is 0 Å². The molecule has 7 heteroatoms. The highest BCUT2D eigenvalue weighted by atomic mass is 16.5. The molecule has 1 aliphatic heterocycles. The second-order valence-electron chi connectivity index (χ2n) is 10.7. The number of rotatable bonds is 5. The highest BCUT2D eigenvalue weighted by Crippen LogP contribution is 2.61. The van der Waals surface area contributed by atoms with E-state index in [4.69, 9.17) is 4.74 Å². The lowest BCUT2D eigenvalue weighted by atomic mass is 9.55. The standard InChI is InChI=1S/C33H26N2O5/c1-18(33(39)40-17-26(36)34-25-16-8-10-19-9-2-3-11-20(19)25)35-31(37)29-27-21-12-4-5-13-22(21)28(30(29)32(35)38)24-15-7-6-14-23(24)27/h2-16,18,27-30H,17H2,1H3,(H,34,36)/t18-,27?,28?,29-,30-/m1/s1. The molecule has 3 aliphatic carbocycles. The summed E-state index contributed by atoms with van der Waals surface area (Å²) in [4.78, 5) is 54.4. The Balaban J connectivity index is 1.10. The van der Waals surface area contributed by atoms with Crippen LogP contribution >= 0.6 is 0 Å². The minimum absolute atomic E-state index is 0.251. The van der Waals surface area contributed by atoms with Crippen LogP contribution in [0.3, 0.4) is 0 Å². The van der Waals surface area contributed by atoms with Gasteiger partial charge in [-0.3, -0.25) is 19.3 Å². The van der Waals surface area contributed by atoms with Gasteiger partial charge in [0.15, 0.2) is 6.61 Å². The number of imide groups is 1. The molecule has 0 spiro atoms. The molecule has 1 fully saturated rings. The van der Waals surface area contributed by atoms with Gasteiger partial charge in [0.05, 0.1) is 11.8 Å². The number of benzene rings is 4. The average molecular weight is 531 g/mol. The number of esters is 1. The largest absolute Gasteiger partial charge is 0.454 e. The fourth-order valence-corrected chi connectivity index (χ4v) is 6.97. The number of likely N-dealkylation sites (tertiary alicyclic amines) is 1. The molecule has 40 heavy (non-hydrogen) atoms. The molecule has 8 rings (SSSR count). The van der Waals surface area contributed by atoms with Crippen LogP contribution in [-0.4, -0.2) is 41.2 Å². The van der Waals surface area contributed by atoms with E-state index >= 15 is 0 Å². The normalized spacial score (nSPS) is 22.9. The molecule has 1 saturated heterocycles. The van der Waals surface area contributed by atoms with Gasteiger partial charge in [-0.05, 0) is 40.6 Å². The predicted molar refractivity (Wildman–Crippen MR) is 148 cm³/mol. The second-order valence-corrected chi connectivity index (χ2v) is 10.7. The molecule has 3 amide bonds. The van der Waals surface area contributed by atoms with E-state index in [1.165, 1.54) is 6.92 Å². The van der Waals surface area contributed by atoms with Crippen LogP contribution in [0.5, 0.6) is 0 Å². The lowest BCUT2D eigenvalue weighted by molar-refractivity contribution is -0.159. The number of hydrogen-bond donors (Lipinski definition) is 1. The van der Waals surface area contributed by atoms with E-state index in [1.807, 2.05) is 84.9 Å². The molecule has 1 N–H and O–H groups in total. The van der Waals surface area contributed by atoms with Gasteiger partial charge >= 0.3 is 5.97 Å². The molecule has 3 atom stereocenters. The Kier molecular flexibility index (Phi) is 5.56. The molecule has 4 aromatic carbocycles. The van der Waals surface area contributed by atoms with Crippen molar-refractivity contribution in [3.63, 3.8) is 0 Å². The van der Waals surface area contributed by atoms with Crippen molar-refractivity contribution in [3.05, 3.63) is 113 Å². The fourth-order valence-electron chi connectivity index (χ4n) is 6.97. The quantitative estimate of drug-likeness (QED) is 0.301. The van der Waals surface area contributed by atoms with Crippen LogP contribution in [0.25, 0.3) is 10.8 Å². The molecule has 4 aromatic rings. The zero-order valence-electron chi connectivity index (χ0n) is 21.7. The SMILES string of the molecule is C[C@H](C(=O)OCC(=O)Nc1cccc2ccccc12)N1C(=O)[C@@H]2C3c4ccccc4C(c4ccccc43)[C@H]2C1=O. The summed E-state index contributed by atoms with van der Waals surface area (Å²) in [6.45, 7) is 0.956. The maximum Gasteiger partial charge on any atom is 0.329 e. The van der Waals surface area contributed by atoms with Crippen LogP contribution in [0.1, 0.15) is 41.0 Å². The van der Waals surface area contributed by atoms with Crippen molar-refractivity contribution in [2.24, 2.45) is 11.8 Å². The zero-order chi connectivity index (χ0) is 27.5. The smallest absolute Gasteiger partial charge is 0.329 e. The zero-order valence-corrected chi connectivity index (χ0v) is 21.7. The van der Waals surface area contributed by atoms with Crippen molar-refractivity contribution in [1.29, 1.82) is 0 Å². The van der Waals surface area contributed by atoms with Crippen LogP contribution in [0.2, 0.25) is 0 Å². The van der Waals surface area contributed by atoms with Crippen molar-refractivity contribution < 1.29 is 23.9 Å².